The summed E-state index contributed by atoms with van der Waals surface area (Å²) in [7, 11) is -3.66. The second-order valence-corrected chi connectivity index (χ2v) is 9.49. The van der Waals surface area contributed by atoms with Gasteiger partial charge in [0.1, 0.15) is 10.6 Å². The topological polar surface area (TPSA) is 72.2 Å². The molecule has 3 aromatic rings. The molecule has 2 aromatic carbocycles. The number of hydrogen-bond donors (Lipinski definition) is 1. The van der Waals surface area contributed by atoms with E-state index in [1.165, 1.54) is 22.3 Å². The summed E-state index contributed by atoms with van der Waals surface area (Å²) in [6.45, 7) is 3.68. The zero-order valence-electron chi connectivity index (χ0n) is 15.8. The van der Waals surface area contributed by atoms with Gasteiger partial charge in [-0.25, -0.2) is 13.1 Å². The highest BCUT2D eigenvalue weighted by atomic mass is 32.2. The number of nitrogens with zero attached hydrogens (tertiary/aromatic N) is 1. The van der Waals surface area contributed by atoms with Crippen LogP contribution in [0.25, 0.3) is 0 Å². The molecular weight excluding hydrogens is 372 g/mol. The van der Waals surface area contributed by atoms with Crippen LogP contribution in [0, 0.1) is 19.8 Å². The van der Waals surface area contributed by atoms with Crippen LogP contribution in [0.2, 0.25) is 0 Å². The number of aryl methyl sites for hydroxylation is 2. The molecule has 0 aliphatic heterocycles. The van der Waals surface area contributed by atoms with E-state index in [0.29, 0.717) is 23.9 Å². The smallest absolute Gasteiger partial charge is 0.245 e. The molecule has 1 atom stereocenters. The standard InChI is InChI=1S/C22H22N2O3S/c1-13-22(14(2)27-24-13)28(25,26)23-12-15-11-20-16-7-3-5-9-18(16)21(15)19-10-6-4-8-17(19)20/h3-10,15,20-21,23H,11-12H2,1-2H3. The van der Waals surface area contributed by atoms with Gasteiger partial charge in [0.05, 0.1) is 0 Å². The first-order valence-corrected chi connectivity index (χ1v) is 11.1. The second-order valence-electron chi connectivity index (χ2n) is 7.79. The molecule has 1 N–H and O–H groups in total. The summed E-state index contributed by atoms with van der Waals surface area (Å²) in [5.41, 5.74) is 5.83. The molecule has 144 valence electrons. The quantitative estimate of drug-likeness (QED) is 0.729. The first kappa shape index (κ1) is 17.6. The van der Waals surface area contributed by atoms with Gasteiger partial charge in [-0.3, -0.25) is 0 Å². The monoisotopic (exact) mass is 394 g/mol. The molecule has 0 amide bonds. The van der Waals surface area contributed by atoms with Crippen molar-refractivity contribution in [1.29, 1.82) is 0 Å². The van der Waals surface area contributed by atoms with Crippen molar-refractivity contribution >= 4 is 10.0 Å². The third-order valence-electron chi connectivity index (χ3n) is 6.19. The molecule has 0 saturated heterocycles. The summed E-state index contributed by atoms with van der Waals surface area (Å²) in [6, 6.07) is 17.2. The summed E-state index contributed by atoms with van der Waals surface area (Å²) in [4.78, 5) is 0.161. The Morgan fingerprint density at radius 2 is 1.57 bits per heavy atom. The van der Waals surface area contributed by atoms with E-state index in [0.717, 1.165) is 6.42 Å². The van der Waals surface area contributed by atoms with E-state index < -0.39 is 10.0 Å². The van der Waals surface area contributed by atoms with Gasteiger partial charge < -0.3 is 4.52 Å². The zero-order chi connectivity index (χ0) is 19.5. The van der Waals surface area contributed by atoms with Gasteiger partial charge in [-0.15, -0.1) is 0 Å². The molecule has 2 bridgehead atoms. The molecule has 0 saturated carbocycles. The van der Waals surface area contributed by atoms with Gasteiger partial charge in [0.25, 0.3) is 0 Å². The zero-order valence-corrected chi connectivity index (χ0v) is 16.7. The van der Waals surface area contributed by atoms with Gasteiger partial charge in [0, 0.05) is 18.4 Å². The molecule has 0 radical (unpaired) electrons. The summed E-state index contributed by atoms with van der Waals surface area (Å²) >= 11 is 0. The van der Waals surface area contributed by atoms with Gasteiger partial charge >= 0.3 is 0 Å². The Labute approximate surface area is 164 Å². The third-order valence-corrected chi connectivity index (χ3v) is 7.86. The lowest BCUT2D eigenvalue weighted by Crippen LogP contribution is -2.39. The number of rotatable bonds is 4. The lowest BCUT2D eigenvalue weighted by atomic mass is 9.59. The van der Waals surface area contributed by atoms with Crippen molar-refractivity contribution in [2.75, 3.05) is 6.54 Å². The fraction of sp³-hybridized carbons (Fsp3) is 0.318. The molecule has 0 spiro atoms. The fourth-order valence-electron chi connectivity index (χ4n) is 5.11. The van der Waals surface area contributed by atoms with Crippen LogP contribution in [0.15, 0.2) is 57.9 Å². The van der Waals surface area contributed by atoms with E-state index in [9.17, 15) is 8.42 Å². The van der Waals surface area contributed by atoms with Crippen molar-refractivity contribution < 1.29 is 12.9 Å². The van der Waals surface area contributed by atoms with E-state index in [4.69, 9.17) is 4.52 Å². The predicted molar refractivity (Wildman–Crippen MR) is 106 cm³/mol. The van der Waals surface area contributed by atoms with Crippen LogP contribution in [0.4, 0.5) is 0 Å². The van der Waals surface area contributed by atoms with Gasteiger partial charge in [0.15, 0.2) is 5.76 Å². The van der Waals surface area contributed by atoms with Crippen molar-refractivity contribution in [2.45, 2.75) is 37.0 Å². The summed E-state index contributed by atoms with van der Waals surface area (Å²) < 4.78 is 33.6. The number of hydrogen-bond acceptors (Lipinski definition) is 4. The van der Waals surface area contributed by atoms with Crippen molar-refractivity contribution in [3.8, 4) is 0 Å². The average Bonchev–Trinajstić information content (AvgIpc) is 3.05. The molecule has 3 aliphatic rings. The van der Waals surface area contributed by atoms with Gasteiger partial charge in [0.2, 0.25) is 10.0 Å². The molecule has 1 heterocycles. The summed E-state index contributed by atoms with van der Waals surface area (Å²) in [5, 5.41) is 3.78. The average molecular weight is 394 g/mol. The Kier molecular flexibility index (Phi) is 3.96. The Hall–Kier alpha value is -2.44. The third kappa shape index (κ3) is 2.55. The van der Waals surface area contributed by atoms with Gasteiger partial charge in [-0.1, -0.05) is 53.7 Å². The highest BCUT2D eigenvalue weighted by molar-refractivity contribution is 7.89. The number of sulfonamides is 1. The molecule has 28 heavy (non-hydrogen) atoms. The van der Waals surface area contributed by atoms with E-state index in [1.54, 1.807) is 13.8 Å². The molecule has 1 aromatic heterocycles. The first-order valence-electron chi connectivity index (χ1n) is 9.57. The minimum atomic E-state index is -3.66. The largest absolute Gasteiger partial charge is 0.360 e. The van der Waals surface area contributed by atoms with Crippen LogP contribution < -0.4 is 4.72 Å². The first-order chi connectivity index (χ1) is 13.5. The Bertz CT molecular complexity index is 1100. The maximum absolute atomic E-state index is 12.9. The number of benzene rings is 2. The van der Waals surface area contributed by atoms with Crippen LogP contribution >= 0.6 is 0 Å². The summed E-state index contributed by atoms with van der Waals surface area (Å²) in [6.07, 6.45) is 0.947. The van der Waals surface area contributed by atoms with Crippen molar-refractivity contribution in [3.63, 3.8) is 0 Å². The van der Waals surface area contributed by atoms with Crippen molar-refractivity contribution in [1.82, 2.24) is 9.88 Å². The molecule has 6 heteroatoms. The van der Waals surface area contributed by atoms with Crippen molar-refractivity contribution in [3.05, 3.63) is 82.2 Å². The number of aromatic nitrogens is 1. The lowest BCUT2D eigenvalue weighted by molar-refractivity contribution is 0.355. The maximum Gasteiger partial charge on any atom is 0.245 e. The maximum atomic E-state index is 12.9. The molecule has 1 unspecified atom stereocenters. The molecular formula is C22H22N2O3S. The molecule has 3 aliphatic carbocycles. The van der Waals surface area contributed by atoms with Crippen LogP contribution in [-0.2, 0) is 10.0 Å². The Morgan fingerprint density at radius 3 is 2.11 bits per heavy atom. The normalized spacial score (nSPS) is 22.7. The summed E-state index contributed by atoms with van der Waals surface area (Å²) in [5.74, 6) is 1.08. The minimum absolute atomic E-state index is 0.161. The number of fused-ring (bicyclic) bond motifs is 1. The highest BCUT2D eigenvalue weighted by Gasteiger charge is 2.43. The van der Waals surface area contributed by atoms with Crippen LogP contribution in [0.3, 0.4) is 0 Å². The lowest BCUT2D eigenvalue weighted by Gasteiger charge is -2.45. The van der Waals surface area contributed by atoms with E-state index in [1.807, 2.05) is 0 Å². The van der Waals surface area contributed by atoms with E-state index >= 15 is 0 Å². The fourth-order valence-corrected chi connectivity index (χ4v) is 6.53. The minimum Gasteiger partial charge on any atom is -0.360 e. The molecule has 5 nitrogen and oxygen atoms in total. The Balaban J connectivity index is 1.48. The molecule has 0 fully saturated rings. The van der Waals surface area contributed by atoms with Gasteiger partial charge in [-0.2, -0.15) is 0 Å². The predicted octanol–water partition coefficient (Wildman–Crippen LogP) is 3.87. The SMILES string of the molecule is Cc1noc(C)c1S(=O)(=O)NCC1CC2c3ccccc3C1c1ccccc12. The van der Waals surface area contributed by atoms with Crippen LogP contribution in [0.5, 0.6) is 0 Å². The number of nitrogens with one attached hydrogen (secondary N) is 1. The van der Waals surface area contributed by atoms with Crippen molar-refractivity contribution in [2.24, 2.45) is 5.92 Å². The van der Waals surface area contributed by atoms with Crippen LogP contribution in [0.1, 0.15) is 52.0 Å². The second kappa shape index (κ2) is 6.29. The Morgan fingerprint density at radius 1 is 1.00 bits per heavy atom. The highest BCUT2D eigenvalue weighted by Crippen LogP contribution is 2.55. The van der Waals surface area contributed by atoms with E-state index in [-0.39, 0.29) is 16.7 Å². The molecule has 6 rings (SSSR count). The van der Waals surface area contributed by atoms with Crippen LogP contribution in [-0.4, -0.2) is 20.1 Å². The van der Waals surface area contributed by atoms with Gasteiger partial charge in [-0.05, 0) is 48.4 Å². The van der Waals surface area contributed by atoms with E-state index in [2.05, 4.69) is 58.4 Å².